The molecule has 1 amide bonds. The number of rotatable bonds is 2. The molecule has 1 saturated heterocycles. The highest BCUT2D eigenvalue weighted by Gasteiger charge is 2.45. The maximum absolute atomic E-state index is 12.4. The van der Waals surface area contributed by atoms with Crippen molar-refractivity contribution in [2.45, 2.75) is 25.0 Å². The summed E-state index contributed by atoms with van der Waals surface area (Å²) in [5.74, 6) is 0.422. The molecule has 4 heteroatoms. The minimum Gasteiger partial charge on any atom is -0.378 e. The Morgan fingerprint density at radius 2 is 2.20 bits per heavy atom. The van der Waals surface area contributed by atoms with E-state index in [0.717, 1.165) is 30.2 Å². The van der Waals surface area contributed by atoms with Crippen LogP contribution in [0.5, 0.6) is 0 Å². The first-order valence-electron chi connectivity index (χ1n) is 7.09. The first kappa shape index (κ1) is 11.9. The lowest BCUT2D eigenvalue weighted by molar-refractivity contribution is 0.00805. The Labute approximate surface area is 117 Å². The first-order valence-corrected chi connectivity index (χ1v) is 7.09. The van der Waals surface area contributed by atoms with E-state index in [4.69, 9.17) is 4.74 Å². The van der Waals surface area contributed by atoms with Crippen molar-refractivity contribution in [3.05, 3.63) is 42.2 Å². The monoisotopic (exact) mass is 268 g/mol. The summed E-state index contributed by atoms with van der Waals surface area (Å²) in [5.41, 5.74) is 0.519. The van der Waals surface area contributed by atoms with Crippen LogP contribution in [0.4, 0.5) is 0 Å². The normalized spacial score (nSPS) is 27.9. The molecule has 4 nitrogen and oxygen atoms in total. The molecule has 0 radical (unpaired) electrons. The number of fused-ring (bicyclic) bond motifs is 2. The topological polar surface area (TPSA) is 51.2 Å². The van der Waals surface area contributed by atoms with E-state index in [1.54, 1.807) is 6.20 Å². The number of benzene rings is 1. The van der Waals surface area contributed by atoms with Crippen molar-refractivity contribution < 1.29 is 9.53 Å². The van der Waals surface area contributed by atoms with Gasteiger partial charge in [-0.1, -0.05) is 24.3 Å². The predicted molar refractivity (Wildman–Crippen MR) is 75.5 cm³/mol. The van der Waals surface area contributed by atoms with E-state index < -0.39 is 0 Å². The smallest absolute Gasteiger partial charge is 0.270 e. The molecule has 3 atom stereocenters. The number of hydrogen-bond donors (Lipinski definition) is 1. The number of aromatic nitrogens is 1. The van der Waals surface area contributed by atoms with Gasteiger partial charge in [-0.15, -0.1) is 0 Å². The van der Waals surface area contributed by atoms with Crippen LogP contribution in [0, 0.1) is 5.92 Å². The zero-order chi connectivity index (χ0) is 13.5. The number of carbonyl (C=O) groups is 1. The van der Waals surface area contributed by atoms with E-state index in [1.165, 1.54) is 0 Å². The van der Waals surface area contributed by atoms with Crippen LogP contribution in [0.3, 0.4) is 0 Å². The van der Waals surface area contributed by atoms with Gasteiger partial charge in [0, 0.05) is 30.1 Å². The summed E-state index contributed by atoms with van der Waals surface area (Å²) in [6.07, 6.45) is 4.04. The van der Waals surface area contributed by atoms with Crippen LogP contribution in [0.15, 0.2) is 36.5 Å². The van der Waals surface area contributed by atoms with Crippen molar-refractivity contribution in [3.63, 3.8) is 0 Å². The summed E-state index contributed by atoms with van der Waals surface area (Å²) in [4.78, 5) is 16.7. The molecule has 2 aromatic rings. The van der Waals surface area contributed by atoms with E-state index in [-0.39, 0.29) is 11.9 Å². The SMILES string of the molecule is O=C(N[C@@H]1C[C@H]2OCC[C@@H]12)c1nccc2ccccc12. The molecular weight excluding hydrogens is 252 g/mol. The maximum atomic E-state index is 12.4. The number of pyridine rings is 1. The summed E-state index contributed by atoms with van der Waals surface area (Å²) in [6, 6.07) is 10.0. The summed E-state index contributed by atoms with van der Waals surface area (Å²) in [7, 11) is 0. The second kappa shape index (κ2) is 4.56. The molecule has 0 bridgehead atoms. The van der Waals surface area contributed by atoms with E-state index in [1.807, 2.05) is 30.3 Å². The van der Waals surface area contributed by atoms with E-state index in [9.17, 15) is 4.79 Å². The summed E-state index contributed by atoms with van der Waals surface area (Å²) >= 11 is 0. The second-order valence-corrected chi connectivity index (χ2v) is 5.56. The molecule has 1 saturated carbocycles. The standard InChI is InChI=1S/C16H16N2O2/c19-16(18-13-9-14-12(13)6-8-20-14)15-11-4-2-1-3-10(11)5-7-17-15/h1-5,7,12-14H,6,8-9H2,(H,18,19)/t12-,13+,14+/m0/s1. The number of ether oxygens (including phenoxy) is 1. The molecule has 2 aliphatic rings. The number of nitrogens with zero attached hydrogens (tertiary/aromatic N) is 1. The van der Waals surface area contributed by atoms with Crippen LogP contribution in [-0.4, -0.2) is 29.6 Å². The maximum Gasteiger partial charge on any atom is 0.270 e. The third kappa shape index (κ3) is 1.79. The van der Waals surface area contributed by atoms with Crippen molar-refractivity contribution in [1.82, 2.24) is 10.3 Å². The molecule has 20 heavy (non-hydrogen) atoms. The zero-order valence-corrected chi connectivity index (χ0v) is 11.1. The highest BCUT2D eigenvalue weighted by Crippen LogP contribution is 2.38. The minimum atomic E-state index is -0.0721. The third-order valence-corrected chi connectivity index (χ3v) is 4.47. The Balaban J connectivity index is 1.58. The third-order valence-electron chi connectivity index (χ3n) is 4.47. The first-order chi connectivity index (χ1) is 9.83. The van der Waals surface area contributed by atoms with Crippen LogP contribution < -0.4 is 5.32 Å². The van der Waals surface area contributed by atoms with Gasteiger partial charge in [0.15, 0.2) is 0 Å². The molecule has 0 spiro atoms. The van der Waals surface area contributed by atoms with Gasteiger partial charge >= 0.3 is 0 Å². The van der Waals surface area contributed by atoms with Gasteiger partial charge in [0.2, 0.25) is 0 Å². The molecule has 1 aromatic carbocycles. The molecule has 102 valence electrons. The van der Waals surface area contributed by atoms with E-state index in [2.05, 4.69) is 10.3 Å². The number of nitrogens with one attached hydrogen (secondary N) is 1. The Morgan fingerprint density at radius 3 is 3.10 bits per heavy atom. The lowest BCUT2D eigenvalue weighted by atomic mass is 9.76. The minimum absolute atomic E-state index is 0.0721. The Kier molecular flexibility index (Phi) is 2.70. The summed E-state index contributed by atoms with van der Waals surface area (Å²) in [5, 5.41) is 5.07. The van der Waals surface area contributed by atoms with Crippen molar-refractivity contribution in [1.29, 1.82) is 0 Å². The Hall–Kier alpha value is -1.94. The van der Waals surface area contributed by atoms with Gasteiger partial charge in [0.05, 0.1) is 6.10 Å². The second-order valence-electron chi connectivity index (χ2n) is 5.56. The molecule has 4 rings (SSSR count). The molecule has 1 N–H and O–H groups in total. The van der Waals surface area contributed by atoms with Gasteiger partial charge in [-0.3, -0.25) is 9.78 Å². The van der Waals surface area contributed by atoms with Crippen molar-refractivity contribution in [2.24, 2.45) is 5.92 Å². The van der Waals surface area contributed by atoms with Crippen LogP contribution in [0.2, 0.25) is 0 Å². The molecule has 1 aromatic heterocycles. The molecule has 1 aliphatic heterocycles. The van der Waals surface area contributed by atoms with Crippen molar-refractivity contribution in [3.8, 4) is 0 Å². The largest absolute Gasteiger partial charge is 0.378 e. The fraction of sp³-hybridized carbons (Fsp3) is 0.375. The summed E-state index contributed by atoms with van der Waals surface area (Å²) < 4.78 is 5.57. The van der Waals surface area contributed by atoms with E-state index in [0.29, 0.717) is 17.7 Å². The molecular formula is C16H16N2O2. The molecule has 2 heterocycles. The van der Waals surface area contributed by atoms with Crippen LogP contribution in [0.25, 0.3) is 10.8 Å². The summed E-state index contributed by atoms with van der Waals surface area (Å²) in [6.45, 7) is 0.828. The van der Waals surface area contributed by atoms with Gasteiger partial charge in [-0.2, -0.15) is 0 Å². The predicted octanol–water partition coefficient (Wildman–Crippen LogP) is 2.14. The van der Waals surface area contributed by atoms with Crippen molar-refractivity contribution >= 4 is 16.7 Å². The Bertz CT molecular complexity index is 665. The number of carbonyl (C=O) groups excluding carboxylic acids is 1. The zero-order valence-electron chi connectivity index (χ0n) is 11.1. The van der Waals surface area contributed by atoms with Gasteiger partial charge in [0.25, 0.3) is 5.91 Å². The Morgan fingerprint density at radius 1 is 1.30 bits per heavy atom. The van der Waals surface area contributed by atoms with Crippen LogP contribution >= 0.6 is 0 Å². The highest BCUT2D eigenvalue weighted by atomic mass is 16.5. The number of hydrogen-bond acceptors (Lipinski definition) is 3. The van der Waals surface area contributed by atoms with Gasteiger partial charge in [-0.05, 0) is 24.3 Å². The highest BCUT2D eigenvalue weighted by molar-refractivity contribution is 6.05. The fourth-order valence-corrected chi connectivity index (χ4v) is 3.30. The number of amides is 1. The van der Waals surface area contributed by atoms with Crippen LogP contribution in [-0.2, 0) is 4.74 Å². The lowest BCUT2D eigenvalue weighted by Crippen LogP contribution is -2.53. The average Bonchev–Trinajstić information content (AvgIpc) is 2.85. The molecule has 1 aliphatic carbocycles. The van der Waals surface area contributed by atoms with Gasteiger partial charge < -0.3 is 10.1 Å². The van der Waals surface area contributed by atoms with Gasteiger partial charge in [0.1, 0.15) is 5.69 Å². The molecule has 2 fully saturated rings. The lowest BCUT2D eigenvalue weighted by Gasteiger charge is -2.39. The fourth-order valence-electron chi connectivity index (χ4n) is 3.30. The van der Waals surface area contributed by atoms with Gasteiger partial charge in [-0.25, -0.2) is 0 Å². The van der Waals surface area contributed by atoms with Crippen LogP contribution in [0.1, 0.15) is 23.3 Å². The average molecular weight is 268 g/mol. The van der Waals surface area contributed by atoms with Crippen molar-refractivity contribution in [2.75, 3.05) is 6.61 Å². The quantitative estimate of drug-likeness (QED) is 0.908. The van der Waals surface area contributed by atoms with E-state index >= 15 is 0 Å². The molecule has 0 unspecified atom stereocenters.